The van der Waals surface area contributed by atoms with Gasteiger partial charge in [0.05, 0.1) is 29.2 Å². The zero-order chi connectivity index (χ0) is 13.9. The molecule has 0 aliphatic rings. The maximum atomic E-state index is 9.10. The van der Waals surface area contributed by atoms with E-state index in [-0.39, 0.29) is 0 Å². The molecule has 0 bridgehead atoms. The van der Waals surface area contributed by atoms with E-state index in [0.717, 1.165) is 23.5 Å². The molecule has 0 aliphatic heterocycles. The van der Waals surface area contributed by atoms with E-state index in [2.05, 4.69) is 16.4 Å². The number of hydrogen-bond acceptors (Lipinski definition) is 4. The SMILES string of the molecule is Cc1ncsc1CNc1ccc(C(C)(C)C#N)cc1. The van der Waals surface area contributed by atoms with Crippen molar-refractivity contribution in [1.82, 2.24) is 4.98 Å². The number of thiazole rings is 1. The highest BCUT2D eigenvalue weighted by atomic mass is 32.1. The third-order valence-electron chi connectivity index (χ3n) is 3.18. The molecule has 2 aromatic rings. The molecular formula is C15H17N3S. The molecule has 1 aromatic carbocycles. The summed E-state index contributed by atoms with van der Waals surface area (Å²) in [6, 6.07) is 10.4. The van der Waals surface area contributed by atoms with Crippen molar-refractivity contribution in [3.8, 4) is 6.07 Å². The van der Waals surface area contributed by atoms with Gasteiger partial charge in [0.15, 0.2) is 0 Å². The molecule has 1 aromatic heterocycles. The van der Waals surface area contributed by atoms with Gasteiger partial charge in [-0.25, -0.2) is 4.98 Å². The molecule has 1 heterocycles. The minimum atomic E-state index is -0.438. The summed E-state index contributed by atoms with van der Waals surface area (Å²) in [6.45, 7) is 6.66. The van der Waals surface area contributed by atoms with E-state index in [1.165, 1.54) is 4.88 Å². The topological polar surface area (TPSA) is 48.7 Å². The van der Waals surface area contributed by atoms with Crippen LogP contribution in [0.5, 0.6) is 0 Å². The highest BCUT2D eigenvalue weighted by Gasteiger charge is 2.18. The summed E-state index contributed by atoms with van der Waals surface area (Å²) in [5.74, 6) is 0. The average Bonchev–Trinajstić information content (AvgIpc) is 2.82. The van der Waals surface area contributed by atoms with Gasteiger partial charge >= 0.3 is 0 Å². The van der Waals surface area contributed by atoms with Crippen molar-refractivity contribution in [3.05, 3.63) is 45.9 Å². The van der Waals surface area contributed by atoms with Crippen LogP contribution in [0.2, 0.25) is 0 Å². The second kappa shape index (κ2) is 5.41. The van der Waals surface area contributed by atoms with Gasteiger partial charge < -0.3 is 5.32 Å². The van der Waals surface area contributed by atoms with Crippen molar-refractivity contribution in [2.75, 3.05) is 5.32 Å². The Bertz CT molecular complexity index is 591. The largest absolute Gasteiger partial charge is 0.380 e. The molecule has 2 rings (SSSR count). The minimum Gasteiger partial charge on any atom is -0.380 e. The zero-order valence-electron chi connectivity index (χ0n) is 11.4. The zero-order valence-corrected chi connectivity index (χ0v) is 12.2. The lowest BCUT2D eigenvalue weighted by Crippen LogP contribution is -2.13. The summed E-state index contributed by atoms with van der Waals surface area (Å²) in [5.41, 5.74) is 4.61. The van der Waals surface area contributed by atoms with Gasteiger partial charge in [-0.1, -0.05) is 12.1 Å². The summed E-state index contributed by atoms with van der Waals surface area (Å²) in [6.07, 6.45) is 0. The van der Waals surface area contributed by atoms with Crippen LogP contribution in [-0.4, -0.2) is 4.98 Å². The van der Waals surface area contributed by atoms with E-state index in [4.69, 9.17) is 5.26 Å². The fourth-order valence-corrected chi connectivity index (χ4v) is 2.46. The van der Waals surface area contributed by atoms with Gasteiger partial charge in [-0.2, -0.15) is 5.26 Å². The van der Waals surface area contributed by atoms with Crippen molar-refractivity contribution in [2.24, 2.45) is 0 Å². The first-order valence-electron chi connectivity index (χ1n) is 6.17. The van der Waals surface area contributed by atoms with Crippen LogP contribution in [0.15, 0.2) is 29.8 Å². The molecule has 0 saturated carbocycles. The fourth-order valence-electron chi connectivity index (χ4n) is 1.75. The highest BCUT2D eigenvalue weighted by Crippen LogP contribution is 2.24. The van der Waals surface area contributed by atoms with Crippen molar-refractivity contribution in [2.45, 2.75) is 32.7 Å². The second-order valence-electron chi connectivity index (χ2n) is 5.03. The molecule has 4 heteroatoms. The smallest absolute Gasteiger partial charge is 0.0798 e. The van der Waals surface area contributed by atoms with Crippen LogP contribution >= 0.6 is 11.3 Å². The van der Waals surface area contributed by atoms with Gasteiger partial charge in [0.1, 0.15) is 0 Å². The molecular weight excluding hydrogens is 254 g/mol. The minimum absolute atomic E-state index is 0.438. The normalized spacial score (nSPS) is 11.1. The van der Waals surface area contributed by atoms with Gasteiger partial charge in [-0.3, -0.25) is 0 Å². The molecule has 0 spiro atoms. The second-order valence-corrected chi connectivity index (χ2v) is 5.97. The number of nitrogens with zero attached hydrogens (tertiary/aromatic N) is 2. The number of aromatic nitrogens is 1. The van der Waals surface area contributed by atoms with Gasteiger partial charge in [0.25, 0.3) is 0 Å². The predicted octanol–water partition coefficient (Wildman–Crippen LogP) is 3.86. The van der Waals surface area contributed by atoms with Crippen LogP contribution in [0.25, 0.3) is 0 Å². The summed E-state index contributed by atoms with van der Waals surface area (Å²) in [4.78, 5) is 5.48. The van der Waals surface area contributed by atoms with Gasteiger partial charge in [-0.05, 0) is 38.5 Å². The Morgan fingerprint density at radius 3 is 2.53 bits per heavy atom. The first kappa shape index (κ1) is 13.6. The standard InChI is InChI=1S/C15H17N3S/c1-11-14(19-10-18-11)8-17-13-6-4-12(5-7-13)15(2,3)9-16/h4-7,10,17H,8H2,1-3H3. The monoisotopic (exact) mass is 271 g/mol. The number of rotatable bonds is 4. The molecule has 0 amide bonds. The first-order valence-corrected chi connectivity index (χ1v) is 7.05. The lowest BCUT2D eigenvalue weighted by atomic mass is 9.86. The van der Waals surface area contributed by atoms with E-state index in [0.29, 0.717) is 0 Å². The van der Waals surface area contributed by atoms with E-state index in [9.17, 15) is 0 Å². The molecule has 3 nitrogen and oxygen atoms in total. The van der Waals surface area contributed by atoms with Crippen molar-refractivity contribution < 1.29 is 0 Å². The van der Waals surface area contributed by atoms with E-state index < -0.39 is 5.41 Å². The van der Waals surface area contributed by atoms with Crippen LogP contribution in [-0.2, 0) is 12.0 Å². The number of benzene rings is 1. The maximum Gasteiger partial charge on any atom is 0.0798 e. The van der Waals surface area contributed by atoms with Gasteiger partial charge in [0, 0.05) is 10.6 Å². The molecule has 0 radical (unpaired) electrons. The van der Waals surface area contributed by atoms with Crippen molar-refractivity contribution in [1.29, 1.82) is 5.26 Å². The van der Waals surface area contributed by atoms with Crippen molar-refractivity contribution in [3.63, 3.8) is 0 Å². The van der Waals surface area contributed by atoms with Gasteiger partial charge in [0.2, 0.25) is 0 Å². The highest BCUT2D eigenvalue weighted by molar-refractivity contribution is 7.09. The summed E-state index contributed by atoms with van der Waals surface area (Å²) in [5, 5.41) is 12.5. The average molecular weight is 271 g/mol. The maximum absolute atomic E-state index is 9.10. The Labute approximate surface area is 117 Å². The third-order valence-corrected chi connectivity index (χ3v) is 4.12. The molecule has 19 heavy (non-hydrogen) atoms. The molecule has 0 saturated heterocycles. The van der Waals surface area contributed by atoms with Crippen LogP contribution in [0.4, 0.5) is 5.69 Å². The van der Waals surface area contributed by atoms with Crippen LogP contribution in [0.3, 0.4) is 0 Å². The molecule has 98 valence electrons. The lowest BCUT2D eigenvalue weighted by Gasteiger charge is -2.16. The fraction of sp³-hybridized carbons (Fsp3) is 0.333. The Morgan fingerprint density at radius 2 is 2.00 bits per heavy atom. The quantitative estimate of drug-likeness (QED) is 0.918. The van der Waals surface area contributed by atoms with Crippen molar-refractivity contribution >= 4 is 17.0 Å². The summed E-state index contributed by atoms with van der Waals surface area (Å²) >= 11 is 1.66. The Hall–Kier alpha value is -1.86. The lowest BCUT2D eigenvalue weighted by molar-refractivity contribution is 0.687. The van der Waals surface area contributed by atoms with Crippen LogP contribution < -0.4 is 5.32 Å². The molecule has 0 aliphatic carbocycles. The Balaban J connectivity index is 2.04. The summed E-state index contributed by atoms with van der Waals surface area (Å²) in [7, 11) is 0. The third kappa shape index (κ3) is 3.12. The first-order chi connectivity index (χ1) is 9.03. The van der Waals surface area contributed by atoms with E-state index >= 15 is 0 Å². The molecule has 0 unspecified atom stereocenters. The molecule has 1 N–H and O–H groups in total. The molecule has 0 atom stereocenters. The Kier molecular flexibility index (Phi) is 3.87. The molecule has 0 fully saturated rings. The van der Waals surface area contributed by atoms with Crippen LogP contribution in [0, 0.1) is 18.3 Å². The van der Waals surface area contributed by atoms with Crippen LogP contribution in [0.1, 0.15) is 30.0 Å². The summed E-state index contributed by atoms with van der Waals surface area (Å²) < 4.78 is 0. The number of nitriles is 1. The van der Waals surface area contributed by atoms with E-state index in [1.54, 1.807) is 11.3 Å². The number of aryl methyl sites for hydroxylation is 1. The predicted molar refractivity (Wildman–Crippen MR) is 79.3 cm³/mol. The number of hydrogen-bond donors (Lipinski definition) is 1. The number of nitrogens with one attached hydrogen (secondary N) is 1. The van der Waals surface area contributed by atoms with E-state index in [1.807, 2.05) is 50.5 Å². The number of anilines is 1. The van der Waals surface area contributed by atoms with Gasteiger partial charge in [-0.15, -0.1) is 11.3 Å². The Morgan fingerprint density at radius 1 is 1.32 bits per heavy atom.